The summed E-state index contributed by atoms with van der Waals surface area (Å²) >= 11 is 0. The van der Waals surface area contributed by atoms with E-state index in [9.17, 15) is 9.59 Å². The Morgan fingerprint density at radius 1 is 0.897 bits per heavy atom. The third kappa shape index (κ3) is 3.19. The number of nitrogens with zero attached hydrogens (tertiary/aromatic N) is 1. The monoisotopic (exact) mass is 386 g/mol. The Kier molecular flexibility index (Phi) is 3.98. The number of hydrogen-bond donors (Lipinski definition) is 1. The van der Waals surface area contributed by atoms with Crippen LogP contribution in [0.3, 0.4) is 0 Å². The van der Waals surface area contributed by atoms with E-state index in [2.05, 4.69) is 10.5 Å². The van der Waals surface area contributed by atoms with Gasteiger partial charge in [-0.15, -0.1) is 0 Å². The summed E-state index contributed by atoms with van der Waals surface area (Å²) in [6.07, 6.45) is 0. The number of carbonyl (C=O) groups excluding carboxylic acids is 1. The molecule has 7 heteroatoms. The van der Waals surface area contributed by atoms with Crippen molar-refractivity contribution in [2.75, 3.05) is 0 Å². The van der Waals surface area contributed by atoms with Crippen LogP contribution in [-0.2, 0) is 6.54 Å². The lowest BCUT2D eigenvalue weighted by molar-refractivity contribution is 0.0923. The van der Waals surface area contributed by atoms with Crippen LogP contribution in [0.2, 0.25) is 0 Å². The summed E-state index contributed by atoms with van der Waals surface area (Å²) in [6.45, 7) is 0.110. The van der Waals surface area contributed by atoms with Crippen molar-refractivity contribution in [2.24, 2.45) is 0 Å². The molecule has 142 valence electrons. The first-order valence-electron chi connectivity index (χ1n) is 8.93. The average Bonchev–Trinajstić information content (AvgIpc) is 3.38. The normalized spacial score (nSPS) is 11.2. The zero-order chi connectivity index (χ0) is 19.8. The fourth-order valence-electron chi connectivity index (χ4n) is 3.09. The van der Waals surface area contributed by atoms with Crippen molar-refractivity contribution in [3.05, 3.63) is 88.4 Å². The largest absolute Gasteiger partial charge is 0.453 e. The van der Waals surface area contributed by atoms with Crippen LogP contribution < -0.4 is 10.7 Å². The molecule has 29 heavy (non-hydrogen) atoms. The molecule has 0 atom stereocenters. The molecule has 0 aliphatic rings. The van der Waals surface area contributed by atoms with Crippen molar-refractivity contribution in [2.45, 2.75) is 6.54 Å². The topological polar surface area (TPSA) is 98.5 Å². The van der Waals surface area contributed by atoms with Crippen LogP contribution in [0, 0.1) is 0 Å². The maximum absolute atomic E-state index is 12.4. The van der Waals surface area contributed by atoms with Crippen LogP contribution in [-0.4, -0.2) is 11.1 Å². The Labute approximate surface area is 163 Å². The molecule has 0 unspecified atom stereocenters. The van der Waals surface area contributed by atoms with Crippen LogP contribution in [0.4, 0.5) is 0 Å². The minimum Gasteiger partial charge on any atom is -0.453 e. The van der Waals surface area contributed by atoms with E-state index in [1.54, 1.807) is 30.3 Å². The highest BCUT2D eigenvalue weighted by molar-refractivity contribution is 5.93. The first-order valence-corrected chi connectivity index (χ1v) is 8.93. The number of para-hydroxylation sites is 2. The van der Waals surface area contributed by atoms with Gasteiger partial charge in [0, 0.05) is 17.5 Å². The van der Waals surface area contributed by atoms with Gasteiger partial charge in [0.25, 0.3) is 5.91 Å². The van der Waals surface area contributed by atoms with E-state index in [0.29, 0.717) is 28.2 Å². The molecule has 5 rings (SSSR count). The first kappa shape index (κ1) is 17.0. The maximum atomic E-state index is 12.4. The quantitative estimate of drug-likeness (QED) is 0.499. The second kappa shape index (κ2) is 6.79. The molecule has 7 nitrogen and oxygen atoms in total. The molecule has 2 aromatic carbocycles. The van der Waals surface area contributed by atoms with Gasteiger partial charge in [-0.05, 0) is 24.3 Å². The van der Waals surface area contributed by atoms with E-state index in [-0.39, 0.29) is 17.7 Å². The van der Waals surface area contributed by atoms with Gasteiger partial charge in [0.2, 0.25) is 5.76 Å². The van der Waals surface area contributed by atoms with Crippen molar-refractivity contribution in [3.8, 4) is 11.5 Å². The molecule has 3 aromatic heterocycles. The van der Waals surface area contributed by atoms with Gasteiger partial charge in [0.15, 0.2) is 16.9 Å². The summed E-state index contributed by atoms with van der Waals surface area (Å²) in [4.78, 5) is 24.5. The predicted molar refractivity (Wildman–Crippen MR) is 105 cm³/mol. The lowest BCUT2D eigenvalue weighted by atomic mass is 10.2. The predicted octanol–water partition coefficient (Wildman–Crippen LogP) is 4.12. The van der Waals surface area contributed by atoms with Crippen LogP contribution in [0.5, 0.6) is 0 Å². The summed E-state index contributed by atoms with van der Waals surface area (Å²) in [7, 11) is 0. The van der Waals surface area contributed by atoms with Crippen molar-refractivity contribution in [1.82, 2.24) is 10.5 Å². The molecule has 0 saturated carbocycles. The number of carbonyl (C=O) groups is 1. The molecule has 5 aromatic rings. The third-order valence-electron chi connectivity index (χ3n) is 4.52. The van der Waals surface area contributed by atoms with Crippen LogP contribution >= 0.6 is 0 Å². The molecule has 0 bridgehead atoms. The lowest BCUT2D eigenvalue weighted by Gasteiger charge is -2.03. The second-order valence-corrected chi connectivity index (χ2v) is 6.48. The van der Waals surface area contributed by atoms with Gasteiger partial charge in [-0.3, -0.25) is 9.59 Å². The second-order valence-electron chi connectivity index (χ2n) is 6.48. The molecular formula is C22H14N2O5. The Bertz CT molecular complexity index is 1380. The Morgan fingerprint density at radius 3 is 2.55 bits per heavy atom. The fourth-order valence-corrected chi connectivity index (χ4v) is 3.09. The zero-order valence-electron chi connectivity index (χ0n) is 15.0. The molecule has 3 heterocycles. The number of fused-ring (bicyclic) bond motifs is 2. The molecule has 0 fully saturated rings. The number of hydrogen-bond acceptors (Lipinski definition) is 6. The minimum absolute atomic E-state index is 0.0605. The fraction of sp³-hybridized carbons (Fsp3) is 0.0455. The van der Waals surface area contributed by atoms with Gasteiger partial charge >= 0.3 is 0 Å². The van der Waals surface area contributed by atoms with Gasteiger partial charge in [0.1, 0.15) is 16.9 Å². The number of aromatic nitrogens is 1. The van der Waals surface area contributed by atoms with Gasteiger partial charge in [-0.2, -0.15) is 0 Å². The standard InChI is InChI=1S/C22H14N2O5/c25-16-11-21(28-18-8-4-2-6-15(16)18)22(26)23-12-14-10-20(29-24-14)19-9-13-5-1-3-7-17(13)27-19/h1-11H,12H2,(H,23,26). The highest BCUT2D eigenvalue weighted by Crippen LogP contribution is 2.28. The molecule has 0 spiro atoms. The van der Waals surface area contributed by atoms with Crippen molar-refractivity contribution < 1.29 is 18.2 Å². The van der Waals surface area contributed by atoms with Crippen LogP contribution in [0.1, 0.15) is 16.2 Å². The highest BCUT2D eigenvalue weighted by Gasteiger charge is 2.15. The van der Waals surface area contributed by atoms with E-state index in [1.807, 2.05) is 30.3 Å². The Morgan fingerprint density at radius 2 is 1.69 bits per heavy atom. The van der Waals surface area contributed by atoms with Gasteiger partial charge < -0.3 is 18.7 Å². The molecule has 0 radical (unpaired) electrons. The minimum atomic E-state index is -0.513. The van der Waals surface area contributed by atoms with Crippen molar-refractivity contribution >= 4 is 27.8 Å². The Balaban J connectivity index is 1.33. The van der Waals surface area contributed by atoms with Crippen LogP contribution in [0.15, 0.2) is 84.9 Å². The van der Waals surface area contributed by atoms with Gasteiger partial charge in [0.05, 0.1) is 11.9 Å². The molecule has 0 saturated heterocycles. The molecule has 0 aliphatic carbocycles. The maximum Gasteiger partial charge on any atom is 0.287 e. The summed E-state index contributed by atoms with van der Waals surface area (Å²) in [6, 6.07) is 19.1. The highest BCUT2D eigenvalue weighted by atomic mass is 16.5. The van der Waals surface area contributed by atoms with E-state index < -0.39 is 5.91 Å². The number of amides is 1. The summed E-state index contributed by atoms with van der Waals surface area (Å²) in [5.74, 6) is 0.440. The average molecular weight is 386 g/mol. The van der Waals surface area contributed by atoms with E-state index in [4.69, 9.17) is 13.4 Å². The number of benzene rings is 2. The SMILES string of the molecule is O=C(NCc1cc(-c2cc3ccccc3o2)on1)c1cc(=O)c2ccccc2o1. The number of rotatable bonds is 4. The van der Waals surface area contributed by atoms with E-state index in [0.717, 1.165) is 11.0 Å². The molecule has 1 N–H and O–H groups in total. The summed E-state index contributed by atoms with van der Waals surface area (Å²) < 4.78 is 16.6. The summed E-state index contributed by atoms with van der Waals surface area (Å²) in [5.41, 5.74) is 1.35. The van der Waals surface area contributed by atoms with Crippen molar-refractivity contribution in [1.29, 1.82) is 0 Å². The third-order valence-corrected chi connectivity index (χ3v) is 4.52. The lowest BCUT2D eigenvalue weighted by Crippen LogP contribution is -2.24. The van der Waals surface area contributed by atoms with Gasteiger partial charge in [-0.1, -0.05) is 35.5 Å². The molecular weight excluding hydrogens is 372 g/mol. The molecule has 0 aliphatic heterocycles. The first-order chi connectivity index (χ1) is 14.2. The summed E-state index contributed by atoms with van der Waals surface area (Å²) in [5, 5.41) is 8.01. The van der Waals surface area contributed by atoms with Crippen LogP contribution in [0.25, 0.3) is 33.5 Å². The van der Waals surface area contributed by atoms with Crippen molar-refractivity contribution in [3.63, 3.8) is 0 Å². The Hall–Kier alpha value is -4.13. The van der Waals surface area contributed by atoms with E-state index >= 15 is 0 Å². The number of furan rings is 1. The smallest absolute Gasteiger partial charge is 0.287 e. The zero-order valence-corrected chi connectivity index (χ0v) is 15.0. The molecule has 1 amide bonds. The number of nitrogens with one attached hydrogen (secondary N) is 1. The van der Waals surface area contributed by atoms with Gasteiger partial charge in [-0.25, -0.2) is 0 Å². The van der Waals surface area contributed by atoms with E-state index in [1.165, 1.54) is 6.07 Å².